The maximum Gasteiger partial charge on any atom is 0.306 e. The van der Waals surface area contributed by atoms with Gasteiger partial charge in [0.15, 0.2) is 11.5 Å². The molecule has 0 amide bonds. The average molecular weight is 299 g/mol. The normalized spacial score (nSPS) is 13.7. The van der Waals surface area contributed by atoms with Crippen molar-refractivity contribution in [2.45, 2.75) is 25.9 Å². The number of nitrogens with zero attached hydrogens (tertiary/aromatic N) is 1. The van der Waals surface area contributed by atoms with Crippen molar-refractivity contribution in [1.29, 1.82) is 0 Å². The molecule has 0 bridgehead atoms. The number of fused-ring (bicyclic) bond motifs is 1. The summed E-state index contributed by atoms with van der Waals surface area (Å²) in [6.45, 7) is 2.45. The van der Waals surface area contributed by atoms with Gasteiger partial charge in [0.1, 0.15) is 6.61 Å². The van der Waals surface area contributed by atoms with Crippen molar-refractivity contribution >= 4 is 5.97 Å². The molecule has 0 aliphatic carbocycles. The molecule has 2 aromatic rings. The van der Waals surface area contributed by atoms with Gasteiger partial charge in [0, 0.05) is 12.4 Å². The molecule has 22 heavy (non-hydrogen) atoms. The van der Waals surface area contributed by atoms with Gasteiger partial charge in [-0.25, -0.2) is 0 Å². The first-order valence-corrected chi connectivity index (χ1v) is 7.16. The summed E-state index contributed by atoms with van der Waals surface area (Å²) in [6.07, 6.45) is 3.82. The average Bonchev–Trinajstić information content (AvgIpc) is 3.01. The van der Waals surface area contributed by atoms with E-state index >= 15 is 0 Å². The second kappa shape index (κ2) is 6.47. The van der Waals surface area contributed by atoms with E-state index in [2.05, 4.69) is 4.98 Å². The molecule has 1 aliphatic rings. The summed E-state index contributed by atoms with van der Waals surface area (Å²) in [7, 11) is 0. The highest BCUT2D eigenvalue weighted by Gasteiger charge is 2.15. The van der Waals surface area contributed by atoms with Crippen molar-refractivity contribution in [1.82, 2.24) is 4.98 Å². The summed E-state index contributed by atoms with van der Waals surface area (Å²) in [4.78, 5) is 16.0. The van der Waals surface area contributed by atoms with Crippen LogP contribution in [0.1, 0.15) is 30.4 Å². The monoisotopic (exact) mass is 299 g/mol. The Morgan fingerprint density at radius 2 is 2.18 bits per heavy atom. The highest BCUT2D eigenvalue weighted by Crippen LogP contribution is 2.32. The fourth-order valence-corrected chi connectivity index (χ4v) is 2.29. The number of benzene rings is 1. The number of pyridine rings is 1. The first kappa shape index (κ1) is 14.4. The number of esters is 1. The number of carbonyl (C=O) groups is 1. The van der Waals surface area contributed by atoms with E-state index in [0.717, 1.165) is 16.9 Å². The van der Waals surface area contributed by atoms with Gasteiger partial charge in [-0.2, -0.15) is 0 Å². The lowest BCUT2D eigenvalue weighted by molar-refractivity contribution is -0.145. The predicted octanol–water partition coefficient (Wildman–Crippen LogP) is 3.05. The molecule has 0 spiro atoms. The molecule has 5 heteroatoms. The van der Waals surface area contributed by atoms with E-state index in [1.807, 2.05) is 37.3 Å². The number of carbonyl (C=O) groups excluding carboxylic acids is 1. The molecule has 0 unspecified atom stereocenters. The molecule has 0 saturated carbocycles. The lowest BCUT2D eigenvalue weighted by Crippen LogP contribution is -2.09. The van der Waals surface area contributed by atoms with Gasteiger partial charge in [-0.05, 0) is 35.2 Å². The van der Waals surface area contributed by atoms with Crippen LogP contribution in [0.2, 0.25) is 0 Å². The lowest BCUT2D eigenvalue weighted by Gasteiger charge is -2.11. The van der Waals surface area contributed by atoms with Crippen molar-refractivity contribution in [3.63, 3.8) is 0 Å². The molecule has 0 radical (unpaired) electrons. The molecule has 1 atom stereocenters. The standard InChI is InChI=1S/C17H17NO4/c1-12(14-3-2-6-18-9-14)7-17(19)20-10-13-4-5-15-16(8-13)22-11-21-15/h2-6,8-9,12H,7,10-11H2,1H3/t12-/m0/s1. The first-order valence-electron chi connectivity index (χ1n) is 7.16. The largest absolute Gasteiger partial charge is 0.461 e. The van der Waals surface area contributed by atoms with Gasteiger partial charge in [0.2, 0.25) is 6.79 Å². The summed E-state index contributed by atoms with van der Waals surface area (Å²) in [6, 6.07) is 9.35. The van der Waals surface area contributed by atoms with Gasteiger partial charge < -0.3 is 14.2 Å². The van der Waals surface area contributed by atoms with Gasteiger partial charge in [0.25, 0.3) is 0 Å². The van der Waals surface area contributed by atoms with Crippen LogP contribution < -0.4 is 9.47 Å². The molecule has 1 aromatic carbocycles. The van der Waals surface area contributed by atoms with E-state index in [0.29, 0.717) is 12.2 Å². The van der Waals surface area contributed by atoms with E-state index in [1.54, 1.807) is 12.4 Å². The summed E-state index contributed by atoms with van der Waals surface area (Å²) in [5.74, 6) is 1.27. The number of hydrogen-bond acceptors (Lipinski definition) is 5. The van der Waals surface area contributed by atoms with Crippen molar-refractivity contribution in [2.24, 2.45) is 0 Å². The first-order chi connectivity index (χ1) is 10.7. The lowest BCUT2D eigenvalue weighted by atomic mass is 10.00. The SMILES string of the molecule is C[C@@H](CC(=O)OCc1ccc2c(c1)OCO2)c1cccnc1. The number of aromatic nitrogens is 1. The minimum Gasteiger partial charge on any atom is -0.461 e. The van der Waals surface area contributed by atoms with Crippen LogP contribution in [-0.2, 0) is 16.1 Å². The van der Waals surface area contributed by atoms with Crippen LogP contribution in [0.5, 0.6) is 11.5 Å². The third-order valence-corrected chi connectivity index (χ3v) is 3.56. The fourth-order valence-electron chi connectivity index (χ4n) is 2.29. The molecule has 0 fully saturated rings. The summed E-state index contributed by atoms with van der Waals surface area (Å²) in [5.41, 5.74) is 1.91. The third-order valence-electron chi connectivity index (χ3n) is 3.56. The second-order valence-corrected chi connectivity index (χ2v) is 5.24. The Morgan fingerprint density at radius 1 is 1.32 bits per heavy atom. The number of ether oxygens (including phenoxy) is 3. The summed E-state index contributed by atoms with van der Waals surface area (Å²) < 4.78 is 15.9. The second-order valence-electron chi connectivity index (χ2n) is 5.24. The number of hydrogen-bond donors (Lipinski definition) is 0. The third kappa shape index (κ3) is 3.36. The Kier molecular flexibility index (Phi) is 4.23. The quantitative estimate of drug-likeness (QED) is 0.794. The van der Waals surface area contributed by atoms with Crippen molar-refractivity contribution in [3.8, 4) is 11.5 Å². The molecule has 5 nitrogen and oxygen atoms in total. The Bertz CT molecular complexity index is 657. The van der Waals surface area contributed by atoms with E-state index < -0.39 is 0 Å². The Labute approximate surface area is 128 Å². The molecule has 2 heterocycles. The van der Waals surface area contributed by atoms with Gasteiger partial charge in [-0.15, -0.1) is 0 Å². The molecule has 114 valence electrons. The maximum absolute atomic E-state index is 11.9. The topological polar surface area (TPSA) is 57.7 Å². The molecular weight excluding hydrogens is 282 g/mol. The van der Waals surface area contributed by atoms with E-state index in [-0.39, 0.29) is 25.3 Å². The van der Waals surface area contributed by atoms with Gasteiger partial charge in [-0.3, -0.25) is 9.78 Å². The van der Waals surface area contributed by atoms with Crippen LogP contribution in [0.3, 0.4) is 0 Å². The molecule has 1 aromatic heterocycles. The van der Waals surface area contributed by atoms with Crippen LogP contribution in [0.4, 0.5) is 0 Å². The van der Waals surface area contributed by atoms with Crippen LogP contribution >= 0.6 is 0 Å². The zero-order valence-corrected chi connectivity index (χ0v) is 12.3. The maximum atomic E-state index is 11.9. The van der Waals surface area contributed by atoms with Crippen molar-refractivity contribution in [2.75, 3.05) is 6.79 Å². The van der Waals surface area contributed by atoms with E-state index in [1.165, 1.54) is 0 Å². The van der Waals surface area contributed by atoms with Crippen LogP contribution in [0.15, 0.2) is 42.7 Å². The highest BCUT2D eigenvalue weighted by atomic mass is 16.7. The predicted molar refractivity (Wildman–Crippen MR) is 79.6 cm³/mol. The fraction of sp³-hybridized carbons (Fsp3) is 0.294. The minimum absolute atomic E-state index is 0.0814. The zero-order chi connectivity index (χ0) is 15.4. The van der Waals surface area contributed by atoms with Crippen LogP contribution in [0.25, 0.3) is 0 Å². The minimum atomic E-state index is -0.228. The summed E-state index contributed by atoms with van der Waals surface area (Å²) >= 11 is 0. The smallest absolute Gasteiger partial charge is 0.306 e. The molecule has 3 rings (SSSR count). The van der Waals surface area contributed by atoms with Gasteiger partial charge in [0.05, 0.1) is 6.42 Å². The Balaban J connectivity index is 1.52. The van der Waals surface area contributed by atoms with Crippen LogP contribution in [0, 0.1) is 0 Å². The zero-order valence-electron chi connectivity index (χ0n) is 12.3. The van der Waals surface area contributed by atoms with Crippen molar-refractivity contribution < 1.29 is 19.0 Å². The van der Waals surface area contributed by atoms with Gasteiger partial charge in [-0.1, -0.05) is 19.1 Å². The summed E-state index contributed by atoms with van der Waals surface area (Å²) in [5, 5.41) is 0. The molecule has 0 saturated heterocycles. The molecule has 1 aliphatic heterocycles. The van der Waals surface area contributed by atoms with Crippen molar-refractivity contribution in [3.05, 3.63) is 53.9 Å². The Morgan fingerprint density at radius 3 is 3.00 bits per heavy atom. The molecular formula is C17H17NO4. The Hall–Kier alpha value is -2.56. The van der Waals surface area contributed by atoms with Gasteiger partial charge >= 0.3 is 5.97 Å². The number of rotatable bonds is 5. The van der Waals surface area contributed by atoms with E-state index in [4.69, 9.17) is 14.2 Å². The van der Waals surface area contributed by atoms with E-state index in [9.17, 15) is 4.79 Å². The van der Waals surface area contributed by atoms with Crippen LogP contribution in [-0.4, -0.2) is 17.7 Å². The molecule has 0 N–H and O–H groups in total. The highest BCUT2D eigenvalue weighted by molar-refractivity contribution is 5.70.